The molecule has 0 aliphatic rings. The van der Waals surface area contributed by atoms with Crippen molar-refractivity contribution in [3.05, 3.63) is 102 Å². The van der Waals surface area contributed by atoms with Gasteiger partial charge >= 0.3 is 0 Å². The molecule has 0 fully saturated rings. The minimum atomic E-state index is -0.214. The standard InChI is InChI=1S/C26H24N2O3/c1-18(29)20-10-7-11-21(14-20)31-17-26(30)28-15-23(19-8-3-2-4-9-19)24-16-27-25-13-6-5-12-22(24)25/h2-14,16,23,27H,15,17H2,1H3,(H,28,30). The van der Waals surface area contributed by atoms with Gasteiger partial charge in [0, 0.05) is 35.1 Å². The van der Waals surface area contributed by atoms with E-state index in [4.69, 9.17) is 4.74 Å². The molecule has 1 unspecified atom stereocenters. The molecule has 156 valence electrons. The summed E-state index contributed by atoms with van der Waals surface area (Å²) in [7, 11) is 0. The van der Waals surface area contributed by atoms with Crippen LogP contribution in [0.1, 0.15) is 34.3 Å². The van der Waals surface area contributed by atoms with E-state index in [1.165, 1.54) is 6.92 Å². The molecule has 3 aromatic carbocycles. The molecular formula is C26H24N2O3. The summed E-state index contributed by atoms with van der Waals surface area (Å²) < 4.78 is 5.59. The molecule has 0 saturated carbocycles. The zero-order valence-corrected chi connectivity index (χ0v) is 17.3. The number of ketones is 1. The number of carbonyl (C=O) groups is 2. The Kier molecular flexibility index (Phi) is 6.13. The number of ether oxygens (including phenoxy) is 1. The summed E-state index contributed by atoms with van der Waals surface area (Å²) in [6, 6.07) is 25.1. The zero-order valence-electron chi connectivity index (χ0n) is 17.3. The van der Waals surface area contributed by atoms with Gasteiger partial charge < -0.3 is 15.0 Å². The van der Waals surface area contributed by atoms with E-state index in [1.54, 1.807) is 24.3 Å². The molecule has 0 aliphatic carbocycles. The van der Waals surface area contributed by atoms with E-state index < -0.39 is 0 Å². The van der Waals surface area contributed by atoms with Crippen molar-refractivity contribution in [3.8, 4) is 5.75 Å². The van der Waals surface area contributed by atoms with Crippen molar-refractivity contribution >= 4 is 22.6 Å². The maximum atomic E-state index is 12.5. The quantitative estimate of drug-likeness (QED) is 0.412. The van der Waals surface area contributed by atoms with E-state index in [0.717, 1.165) is 22.0 Å². The first-order valence-corrected chi connectivity index (χ1v) is 10.2. The van der Waals surface area contributed by atoms with Gasteiger partial charge in [0.1, 0.15) is 5.75 Å². The fraction of sp³-hybridized carbons (Fsp3) is 0.154. The number of rotatable bonds is 8. The molecule has 4 aromatic rings. The van der Waals surface area contributed by atoms with Gasteiger partial charge in [-0.1, -0.05) is 60.7 Å². The lowest BCUT2D eigenvalue weighted by atomic mass is 9.91. The number of benzene rings is 3. The Bertz CT molecular complexity index is 1200. The summed E-state index contributed by atoms with van der Waals surface area (Å²) in [6.45, 7) is 1.83. The van der Waals surface area contributed by atoms with Crippen LogP contribution in [0.15, 0.2) is 85.1 Å². The molecule has 1 aromatic heterocycles. The second-order valence-corrected chi connectivity index (χ2v) is 7.43. The molecule has 1 amide bonds. The highest BCUT2D eigenvalue weighted by Gasteiger charge is 2.19. The van der Waals surface area contributed by atoms with Crippen LogP contribution in [0.2, 0.25) is 0 Å². The average molecular weight is 412 g/mol. The number of aromatic amines is 1. The molecule has 4 rings (SSSR count). The minimum Gasteiger partial charge on any atom is -0.484 e. The molecule has 1 heterocycles. The van der Waals surface area contributed by atoms with Crippen LogP contribution in [0.25, 0.3) is 10.9 Å². The third-order valence-corrected chi connectivity index (χ3v) is 5.31. The number of H-pyrrole nitrogens is 1. The first-order valence-electron chi connectivity index (χ1n) is 10.2. The summed E-state index contributed by atoms with van der Waals surface area (Å²) in [4.78, 5) is 27.3. The van der Waals surface area contributed by atoms with Crippen LogP contribution < -0.4 is 10.1 Å². The molecule has 0 radical (unpaired) electrons. The van der Waals surface area contributed by atoms with Gasteiger partial charge in [0.05, 0.1) is 0 Å². The number of nitrogens with one attached hydrogen (secondary N) is 2. The Balaban J connectivity index is 1.46. The normalized spacial score (nSPS) is 11.8. The predicted molar refractivity (Wildman–Crippen MR) is 122 cm³/mol. The van der Waals surface area contributed by atoms with Crippen LogP contribution in [0.3, 0.4) is 0 Å². The number of carbonyl (C=O) groups excluding carboxylic acids is 2. The van der Waals surface area contributed by atoms with Crippen LogP contribution in [0.4, 0.5) is 0 Å². The zero-order chi connectivity index (χ0) is 21.6. The third kappa shape index (κ3) is 4.83. The van der Waals surface area contributed by atoms with Gasteiger partial charge in [-0.15, -0.1) is 0 Å². The van der Waals surface area contributed by atoms with E-state index in [9.17, 15) is 9.59 Å². The fourth-order valence-electron chi connectivity index (χ4n) is 3.70. The van der Waals surface area contributed by atoms with E-state index >= 15 is 0 Å². The lowest BCUT2D eigenvalue weighted by molar-refractivity contribution is -0.123. The second kappa shape index (κ2) is 9.30. The number of hydrogen-bond acceptors (Lipinski definition) is 3. The number of hydrogen-bond donors (Lipinski definition) is 2. The van der Waals surface area contributed by atoms with Gasteiger partial charge in [0.25, 0.3) is 5.91 Å². The SMILES string of the molecule is CC(=O)c1cccc(OCC(=O)NCC(c2ccccc2)c2c[nH]c3ccccc23)c1. The van der Waals surface area contributed by atoms with Crippen LogP contribution in [-0.2, 0) is 4.79 Å². The Hall–Kier alpha value is -3.86. The Morgan fingerprint density at radius 3 is 2.55 bits per heavy atom. The summed E-state index contributed by atoms with van der Waals surface area (Å²) in [5.74, 6) is 0.245. The van der Waals surface area contributed by atoms with Gasteiger partial charge in [-0.05, 0) is 36.2 Å². The van der Waals surface area contributed by atoms with Crippen LogP contribution in [-0.4, -0.2) is 29.8 Å². The van der Waals surface area contributed by atoms with Gasteiger partial charge in [0.15, 0.2) is 12.4 Å². The summed E-state index contributed by atoms with van der Waals surface area (Å²) in [6.07, 6.45) is 2.01. The van der Waals surface area contributed by atoms with Crippen molar-refractivity contribution in [1.82, 2.24) is 10.3 Å². The molecule has 0 aliphatic heterocycles. The van der Waals surface area contributed by atoms with E-state index in [1.807, 2.05) is 42.6 Å². The molecule has 5 nitrogen and oxygen atoms in total. The first kappa shape index (κ1) is 20.4. The van der Waals surface area contributed by atoms with Crippen molar-refractivity contribution in [3.63, 3.8) is 0 Å². The topological polar surface area (TPSA) is 71.2 Å². The molecule has 5 heteroatoms. The summed E-state index contributed by atoms with van der Waals surface area (Å²) >= 11 is 0. The third-order valence-electron chi connectivity index (χ3n) is 5.31. The van der Waals surface area contributed by atoms with Crippen molar-refractivity contribution in [2.24, 2.45) is 0 Å². The number of amides is 1. The lowest BCUT2D eigenvalue weighted by Gasteiger charge is -2.18. The monoisotopic (exact) mass is 412 g/mol. The lowest BCUT2D eigenvalue weighted by Crippen LogP contribution is -2.32. The van der Waals surface area contributed by atoms with E-state index in [0.29, 0.717) is 17.9 Å². The maximum absolute atomic E-state index is 12.5. The summed E-state index contributed by atoms with van der Waals surface area (Å²) in [5.41, 5.74) is 3.89. The van der Waals surface area contributed by atoms with Gasteiger partial charge in [-0.2, -0.15) is 0 Å². The fourth-order valence-corrected chi connectivity index (χ4v) is 3.70. The average Bonchev–Trinajstić information content (AvgIpc) is 3.23. The Labute approximate surface area is 181 Å². The molecule has 1 atom stereocenters. The summed E-state index contributed by atoms with van der Waals surface area (Å²) in [5, 5.41) is 4.14. The predicted octanol–water partition coefficient (Wildman–Crippen LogP) is 4.70. The number of aromatic nitrogens is 1. The Morgan fingerprint density at radius 1 is 0.968 bits per heavy atom. The molecule has 0 spiro atoms. The second-order valence-electron chi connectivity index (χ2n) is 7.43. The highest BCUT2D eigenvalue weighted by Crippen LogP contribution is 2.30. The number of para-hydroxylation sites is 1. The van der Waals surface area contributed by atoms with Crippen LogP contribution in [0.5, 0.6) is 5.75 Å². The highest BCUT2D eigenvalue weighted by molar-refractivity contribution is 5.94. The number of Topliss-reactive ketones (excluding diaryl/α,β-unsaturated/α-hetero) is 1. The van der Waals surface area contributed by atoms with Crippen LogP contribution in [0, 0.1) is 0 Å². The highest BCUT2D eigenvalue weighted by atomic mass is 16.5. The molecule has 2 N–H and O–H groups in total. The van der Waals surface area contributed by atoms with Crippen molar-refractivity contribution in [2.75, 3.05) is 13.2 Å². The van der Waals surface area contributed by atoms with Crippen molar-refractivity contribution in [1.29, 1.82) is 0 Å². The van der Waals surface area contributed by atoms with Gasteiger partial charge in [-0.25, -0.2) is 0 Å². The molecular weight excluding hydrogens is 388 g/mol. The molecule has 0 saturated heterocycles. The Morgan fingerprint density at radius 2 is 1.74 bits per heavy atom. The van der Waals surface area contributed by atoms with Gasteiger partial charge in [0.2, 0.25) is 0 Å². The van der Waals surface area contributed by atoms with Crippen molar-refractivity contribution < 1.29 is 14.3 Å². The van der Waals surface area contributed by atoms with Crippen LogP contribution >= 0.6 is 0 Å². The minimum absolute atomic E-state index is 0.00217. The first-order chi connectivity index (χ1) is 15.1. The van der Waals surface area contributed by atoms with Gasteiger partial charge in [-0.3, -0.25) is 9.59 Å². The largest absolute Gasteiger partial charge is 0.484 e. The number of fused-ring (bicyclic) bond motifs is 1. The smallest absolute Gasteiger partial charge is 0.257 e. The maximum Gasteiger partial charge on any atom is 0.257 e. The van der Waals surface area contributed by atoms with E-state index in [2.05, 4.69) is 28.5 Å². The molecule has 0 bridgehead atoms. The van der Waals surface area contributed by atoms with Crippen molar-refractivity contribution in [2.45, 2.75) is 12.8 Å². The van der Waals surface area contributed by atoms with E-state index in [-0.39, 0.29) is 24.2 Å². The molecule has 31 heavy (non-hydrogen) atoms.